The number of phenols is 1. The lowest BCUT2D eigenvalue weighted by molar-refractivity contribution is 0.479. The van der Waals surface area contributed by atoms with Crippen LogP contribution >= 0.6 is 9.24 Å². The smallest absolute Gasteiger partial charge is 0.122 e. The Morgan fingerprint density at radius 3 is 2.71 bits per heavy atom. The van der Waals surface area contributed by atoms with Gasteiger partial charge in [-0.25, -0.2) is 0 Å². The first kappa shape index (κ1) is 11.3. The van der Waals surface area contributed by atoms with E-state index in [0.717, 1.165) is 17.3 Å². The maximum atomic E-state index is 9.55. The lowest BCUT2D eigenvalue weighted by atomic mass is 9.92. The van der Waals surface area contributed by atoms with Crippen LogP contribution in [0.2, 0.25) is 0 Å². The minimum absolute atomic E-state index is 0.316. The van der Waals surface area contributed by atoms with Crippen molar-refractivity contribution in [2.45, 2.75) is 26.2 Å². The van der Waals surface area contributed by atoms with Gasteiger partial charge in [0.05, 0.1) is 0 Å². The van der Waals surface area contributed by atoms with E-state index in [-0.39, 0.29) is 0 Å². The second kappa shape index (κ2) is 4.61. The van der Waals surface area contributed by atoms with Gasteiger partial charge in [0.2, 0.25) is 0 Å². The molecule has 0 bridgehead atoms. The predicted octanol–water partition coefficient (Wildman–Crippen LogP) is 2.96. The Kier molecular flexibility index (Phi) is 3.71. The molecular formula is C12H17OP. The highest BCUT2D eigenvalue weighted by Crippen LogP contribution is 2.26. The van der Waals surface area contributed by atoms with E-state index in [1.54, 1.807) is 0 Å². The van der Waals surface area contributed by atoms with Gasteiger partial charge in [-0.2, -0.15) is 0 Å². The fourth-order valence-electron chi connectivity index (χ4n) is 1.37. The molecule has 76 valence electrons. The molecule has 1 aromatic rings. The van der Waals surface area contributed by atoms with Crippen LogP contribution in [0.15, 0.2) is 30.4 Å². The number of benzene rings is 1. The number of aromatic hydroxyl groups is 1. The van der Waals surface area contributed by atoms with Crippen LogP contribution in [0.5, 0.6) is 5.75 Å². The Balaban J connectivity index is 2.96. The minimum atomic E-state index is 0.316. The molecule has 0 heterocycles. The van der Waals surface area contributed by atoms with Crippen LogP contribution in [0.1, 0.15) is 31.7 Å². The van der Waals surface area contributed by atoms with Gasteiger partial charge in [-0.15, -0.1) is 9.24 Å². The molecule has 1 unspecified atom stereocenters. The topological polar surface area (TPSA) is 20.2 Å². The van der Waals surface area contributed by atoms with Gasteiger partial charge in [0.25, 0.3) is 0 Å². The molecule has 1 aromatic carbocycles. The third-order valence-corrected chi connectivity index (χ3v) is 3.11. The molecule has 2 atom stereocenters. The number of allylic oxidation sites excluding steroid dienone is 1. The molecule has 0 amide bonds. The molecule has 14 heavy (non-hydrogen) atoms. The first-order valence-electron chi connectivity index (χ1n) is 4.82. The van der Waals surface area contributed by atoms with Crippen molar-refractivity contribution in [1.82, 2.24) is 0 Å². The van der Waals surface area contributed by atoms with Gasteiger partial charge < -0.3 is 5.11 Å². The van der Waals surface area contributed by atoms with Crippen LogP contribution in [-0.2, 0) is 0 Å². The third-order valence-electron chi connectivity index (χ3n) is 2.62. The van der Waals surface area contributed by atoms with Gasteiger partial charge in [-0.05, 0) is 18.1 Å². The number of hydrogen-bond acceptors (Lipinski definition) is 1. The molecule has 0 aliphatic carbocycles. The van der Waals surface area contributed by atoms with Crippen LogP contribution in [0, 0.1) is 0 Å². The third kappa shape index (κ3) is 2.36. The van der Waals surface area contributed by atoms with Gasteiger partial charge in [0.15, 0.2) is 0 Å². The van der Waals surface area contributed by atoms with Gasteiger partial charge >= 0.3 is 0 Å². The molecule has 1 rings (SSSR count). The summed E-state index contributed by atoms with van der Waals surface area (Å²) in [5, 5.41) is 10.4. The SMILES string of the molecule is C=C(CC)[C@H](C)c1ccc(P)c(O)c1. The standard InChI is InChI=1S/C12H17OP/c1-4-8(2)9(3)10-5-6-12(14)11(13)7-10/h5-7,9,13H,2,4,14H2,1,3H3/t9-/m0/s1. The van der Waals surface area contributed by atoms with Crippen molar-refractivity contribution in [3.8, 4) is 5.75 Å². The summed E-state index contributed by atoms with van der Waals surface area (Å²) >= 11 is 0. The average molecular weight is 208 g/mol. The molecule has 0 aliphatic rings. The molecule has 0 fully saturated rings. The maximum absolute atomic E-state index is 9.55. The van der Waals surface area contributed by atoms with Crippen LogP contribution < -0.4 is 5.30 Å². The number of rotatable bonds is 3. The number of hydrogen-bond donors (Lipinski definition) is 1. The van der Waals surface area contributed by atoms with Crippen LogP contribution in [-0.4, -0.2) is 5.11 Å². The second-order valence-corrected chi connectivity index (χ2v) is 4.17. The zero-order chi connectivity index (χ0) is 10.7. The van der Waals surface area contributed by atoms with Crippen molar-refractivity contribution >= 4 is 14.5 Å². The van der Waals surface area contributed by atoms with Crippen LogP contribution in [0.3, 0.4) is 0 Å². The van der Waals surface area contributed by atoms with Crippen molar-refractivity contribution < 1.29 is 5.11 Å². The zero-order valence-corrected chi connectivity index (χ0v) is 9.90. The quantitative estimate of drug-likeness (QED) is 0.598. The van der Waals surface area contributed by atoms with E-state index in [1.807, 2.05) is 18.2 Å². The summed E-state index contributed by atoms with van der Waals surface area (Å²) in [6, 6.07) is 5.76. The lowest BCUT2D eigenvalue weighted by Gasteiger charge is -2.14. The van der Waals surface area contributed by atoms with E-state index in [2.05, 4.69) is 29.7 Å². The highest BCUT2D eigenvalue weighted by molar-refractivity contribution is 7.27. The Morgan fingerprint density at radius 2 is 2.21 bits per heavy atom. The van der Waals surface area contributed by atoms with Gasteiger partial charge in [-0.1, -0.05) is 38.1 Å². The Morgan fingerprint density at radius 1 is 1.57 bits per heavy atom. The summed E-state index contributed by atoms with van der Waals surface area (Å²) in [4.78, 5) is 0. The zero-order valence-electron chi connectivity index (χ0n) is 8.75. The highest BCUT2D eigenvalue weighted by atomic mass is 31.0. The van der Waals surface area contributed by atoms with Crippen LogP contribution in [0.25, 0.3) is 0 Å². The van der Waals surface area contributed by atoms with Gasteiger partial charge in [-0.3, -0.25) is 0 Å². The largest absolute Gasteiger partial charge is 0.507 e. The van der Waals surface area contributed by atoms with E-state index >= 15 is 0 Å². The first-order chi connectivity index (χ1) is 6.56. The molecular weight excluding hydrogens is 191 g/mol. The maximum Gasteiger partial charge on any atom is 0.122 e. The fourth-order valence-corrected chi connectivity index (χ4v) is 1.55. The van der Waals surface area contributed by atoms with Crippen molar-refractivity contribution in [2.24, 2.45) is 0 Å². The van der Waals surface area contributed by atoms with Crippen molar-refractivity contribution in [3.63, 3.8) is 0 Å². The normalized spacial score (nSPS) is 12.5. The monoisotopic (exact) mass is 208 g/mol. The molecule has 1 nitrogen and oxygen atoms in total. The predicted molar refractivity (Wildman–Crippen MR) is 65.3 cm³/mol. The van der Waals surface area contributed by atoms with Crippen molar-refractivity contribution in [2.75, 3.05) is 0 Å². The molecule has 0 spiro atoms. The summed E-state index contributed by atoms with van der Waals surface area (Å²) in [6.45, 7) is 8.23. The molecule has 0 radical (unpaired) electrons. The summed E-state index contributed by atoms with van der Waals surface area (Å²) < 4.78 is 0. The summed E-state index contributed by atoms with van der Waals surface area (Å²) in [5.41, 5.74) is 2.32. The number of phenolic OH excluding ortho intramolecular Hbond substituents is 1. The first-order valence-corrected chi connectivity index (χ1v) is 5.40. The summed E-state index contributed by atoms with van der Waals surface area (Å²) in [6.07, 6.45) is 0.977. The van der Waals surface area contributed by atoms with E-state index < -0.39 is 0 Å². The molecule has 0 aliphatic heterocycles. The van der Waals surface area contributed by atoms with Gasteiger partial charge in [0, 0.05) is 11.2 Å². The van der Waals surface area contributed by atoms with Crippen LogP contribution in [0.4, 0.5) is 0 Å². The lowest BCUT2D eigenvalue weighted by Crippen LogP contribution is -1.99. The molecule has 0 aromatic heterocycles. The Bertz CT molecular complexity index is 344. The second-order valence-electron chi connectivity index (χ2n) is 3.55. The molecule has 0 saturated heterocycles. The summed E-state index contributed by atoms with van der Waals surface area (Å²) in [7, 11) is 2.51. The van der Waals surface area contributed by atoms with Crippen molar-refractivity contribution in [1.29, 1.82) is 0 Å². The van der Waals surface area contributed by atoms with E-state index in [1.165, 1.54) is 5.57 Å². The van der Waals surface area contributed by atoms with E-state index in [9.17, 15) is 5.11 Å². The van der Waals surface area contributed by atoms with Crippen molar-refractivity contribution in [3.05, 3.63) is 35.9 Å². The van der Waals surface area contributed by atoms with E-state index in [0.29, 0.717) is 11.7 Å². The van der Waals surface area contributed by atoms with E-state index in [4.69, 9.17) is 0 Å². The average Bonchev–Trinajstić information content (AvgIpc) is 2.20. The fraction of sp³-hybridized carbons (Fsp3) is 0.333. The molecule has 1 N–H and O–H groups in total. The Hall–Kier alpha value is -0.810. The molecule has 0 saturated carbocycles. The Labute approximate surface area is 88.1 Å². The van der Waals surface area contributed by atoms with Gasteiger partial charge in [0.1, 0.15) is 5.75 Å². The highest BCUT2D eigenvalue weighted by Gasteiger charge is 2.09. The minimum Gasteiger partial charge on any atom is -0.507 e. The molecule has 2 heteroatoms. The summed E-state index contributed by atoms with van der Waals surface area (Å²) in [5.74, 6) is 0.653.